The molecular weight excluding hydrogens is 230 g/mol. The lowest BCUT2D eigenvalue weighted by molar-refractivity contribution is 0.305. The number of hydrogen-bond donors (Lipinski definition) is 1. The van der Waals surface area contributed by atoms with E-state index in [0.717, 1.165) is 18.0 Å². The van der Waals surface area contributed by atoms with Crippen molar-refractivity contribution >= 4 is 5.82 Å². The molecule has 18 heavy (non-hydrogen) atoms. The van der Waals surface area contributed by atoms with E-state index in [4.69, 9.17) is 9.15 Å². The molecule has 96 valence electrons. The molecule has 0 aromatic carbocycles. The monoisotopic (exact) mass is 247 g/mol. The third-order valence-corrected chi connectivity index (χ3v) is 2.43. The van der Waals surface area contributed by atoms with Crippen molar-refractivity contribution in [3.05, 3.63) is 36.5 Å². The van der Waals surface area contributed by atoms with Crippen molar-refractivity contribution in [3.8, 4) is 5.88 Å². The van der Waals surface area contributed by atoms with Crippen molar-refractivity contribution in [2.24, 2.45) is 0 Å². The second-order valence-electron chi connectivity index (χ2n) is 3.97. The largest absolute Gasteiger partial charge is 0.478 e. The van der Waals surface area contributed by atoms with Gasteiger partial charge in [-0.15, -0.1) is 0 Å². The molecular formula is C13H17N3O2. The van der Waals surface area contributed by atoms with Crippen molar-refractivity contribution in [3.63, 3.8) is 0 Å². The van der Waals surface area contributed by atoms with Gasteiger partial charge >= 0.3 is 0 Å². The van der Waals surface area contributed by atoms with Crippen LogP contribution in [0.4, 0.5) is 5.82 Å². The van der Waals surface area contributed by atoms with Gasteiger partial charge in [0, 0.05) is 6.07 Å². The Hall–Kier alpha value is -2.04. The smallest absolute Gasteiger partial charge is 0.218 e. The first-order valence-electron chi connectivity index (χ1n) is 6.04. The van der Waals surface area contributed by atoms with Crippen molar-refractivity contribution in [1.29, 1.82) is 0 Å². The summed E-state index contributed by atoms with van der Waals surface area (Å²) in [6.07, 6.45) is 4.10. The molecule has 2 aromatic rings. The summed E-state index contributed by atoms with van der Waals surface area (Å²) in [5, 5.41) is 3.24. The zero-order chi connectivity index (χ0) is 12.8. The SMILES string of the molecule is CCCOc1cc(NC(C)c2ccco2)ncn1. The van der Waals surface area contributed by atoms with Crippen LogP contribution >= 0.6 is 0 Å². The molecule has 0 saturated heterocycles. The minimum absolute atomic E-state index is 0.0499. The molecule has 2 heterocycles. The van der Waals surface area contributed by atoms with E-state index in [2.05, 4.69) is 22.2 Å². The summed E-state index contributed by atoms with van der Waals surface area (Å²) in [5.74, 6) is 2.17. The second kappa shape index (κ2) is 6.05. The van der Waals surface area contributed by atoms with E-state index in [0.29, 0.717) is 12.5 Å². The molecule has 0 aliphatic carbocycles. The Labute approximate surface area is 106 Å². The van der Waals surface area contributed by atoms with Crippen LogP contribution in [-0.2, 0) is 0 Å². The topological polar surface area (TPSA) is 60.2 Å². The Bertz CT molecular complexity index is 471. The average Bonchev–Trinajstić information content (AvgIpc) is 2.91. The molecule has 0 radical (unpaired) electrons. The molecule has 0 aliphatic rings. The van der Waals surface area contributed by atoms with Crippen LogP contribution in [0.5, 0.6) is 5.88 Å². The van der Waals surface area contributed by atoms with Crippen LogP contribution in [0.25, 0.3) is 0 Å². The molecule has 5 nitrogen and oxygen atoms in total. The highest BCUT2D eigenvalue weighted by atomic mass is 16.5. The van der Waals surface area contributed by atoms with Crippen LogP contribution in [0, 0.1) is 0 Å². The number of aromatic nitrogens is 2. The summed E-state index contributed by atoms with van der Waals surface area (Å²) in [4.78, 5) is 8.20. The standard InChI is InChI=1S/C13H17N3O2/c1-3-6-18-13-8-12(14-9-15-13)16-10(2)11-5-4-7-17-11/h4-5,7-10H,3,6H2,1-2H3,(H,14,15,16). The summed E-state index contributed by atoms with van der Waals surface area (Å²) in [7, 11) is 0. The van der Waals surface area contributed by atoms with E-state index in [1.54, 1.807) is 12.3 Å². The van der Waals surface area contributed by atoms with Crippen molar-refractivity contribution in [1.82, 2.24) is 9.97 Å². The quantitative estimate of drug-likeness (QED) is 0.850. The summed E-state index contributed by atoms with van der Waals surface area (Å²) in [6, 6.07) is 5.63. The van der Waals surface area contributed by atoms with Crippen LogP contribution < -0.4 is 10.1 Å². The van der Waals surface area contributed by atoms with E-state index in [1.165, 1.54) is 6.33 Å². The molecule has 1 unspecified atom stereocenters. The zero-order valence-corrected chi connectivity index (χ0v) is 10.6. The summed E-state index contributed by atoms with van der Waals surface area (Å²) in [5.41, 5.74) is 0. The number of anilines is 1. The van der Waals surface area contributed by atoms with Crippen LogP contribution in [0.1, 0.15) is 32.1 Å². The molecule has 2 aromatic heterocycles. The lowest BCUT2D eigenvalue weighted by Crippen LogP contribution is -2.07. The van der Waals surface area contributed by atoms with Gasteiger partial charge in [0.1, 0.15) is 17.9 Å². The minimum Gasteiger partial charge on any atom is -0.478 e. The minimum atomic E-state index is 0.0499. The summed E-state index contributed by atoms with van der Waals surface area (Å²) >= 11 is 0. The summed E-state index contributed by atoms with van der Waals surface area (Å²) in [6.45, 7) is 4.72. The van der Waals surface area contributed by atoms with Gasteiger partial charge in [-0.1, -0.05) is 6.92 Å². The first-order valence-corrected chi connectivity index (χ1v) is 6.04. The van der Waals surface area contributed by atoms with Gasteiger partial charge in [-0.3, -0.25) is 0 Å². The first-order chi connectivity index (χ1) is 8.79. The van der Waals surface area contributed by atoms with Crippen molar-refractivity contribution in [2.45, 2.75) is 26.3 Å². The van der Waals surface area contributed by atoms with E-state index in [9.17, 15) is 0 Å². The molecule has 0 aliphatic heterocycles. The first kappa shape index (κ1) is 12.4. The van der Waals surface area contributed by atoms with Gasteiger partial charge in [0.05, 0.1) is 18.9 Å². The number of ether oxygens (including phenoxy) is 1. The van der Waals surface area contributed by atoms with Crippen molar-refractivity contribution < 1.29 is 9.15 Å². The van der Waals surface area contributed by atoms with E-state index in [-0.39, 0.29) is 6.04 Å². The fourth-order valence-corrected chi connectivity index (χ4v) is 1.53. The number of nitrogens with zero attached hydrogens (tertiary/aromatic N) is 2. The van der Waals surface area contributed by atoms with Gasteiger partial charge < -0.3 is 14.5 Å². The number of furan rings is 1. The lowest BCUT2D eigenvalue weighted by atomic mass is 10.2. The molecule has 1 atom stereocenters. The highest BCUT2D eigenvalue weighted by Gasteiger charge is 2.09. The highest BCUT2D eigenvalue weighted by molar-refractivity contribution is 5.39. The third kappa shape index (κ3) is 3.23. The van der Waals surface area contributed by atoms with E-state index >= 15 is 0 Å². The molecule has 0 fully saturated rings. The Morgan fingerprint density at radius 1 is 1.44 bits per heavy atom. The molecule has 0 bridgehead atoms. The fraction of sp³-hybridized carbons (Fsp3) is 0.385. The molecule has 5 heteroatoms. The second-order valence-corrected chi connectivity index (χ2v) is 3.97. The number of hydrogen-bond acceptors (Lipinski definition) is 5. The van der Waals surface area contributed by atoms with Gasteiger partial charge in [-0.2, -0.15) is 0 Å². The fourth-order valence-electron chi connectivity index (χ4n) is 1.53. The lowest BCUT2D eigenvalue weighted by Gasteiger charge is -2.12. The van der Waals surface area contributed by atoms with Gasteiger partial charge in [-0.25, -0.2) is 9.97 Å². The molecule has 1 N–H and O–H groups in total. The van der Waals surface area contributed by atoms with Gasteiger partial charge in [-0.05, 0) is 25.5 Å². The van der Waals surface area contributed by atoms with Crippen molar-refractivity contribution in [2.75, 3.05) is 11.9 Å². The zero-order valence-electron chi connectivity index (χ0n) is 10.6. The Kier molecular flexibility index (Phi) is 4.17. The van der Waals surface area contributed by atoms with E-state index in [1.807, 2.05) is 19.1 Å². The Morgan fingerprint density at radius 2 is 2.33 bits per heavy atom. The number of rotatable bonds is 6. The molecule has 2 rings (SSSR count). The maximum atomic E-state index is 5.45. The van der Waals surface area contributed by atoms with Crippen LogP contribution in [0.3, 0.4) is 0 Å². The van der Waals surface area contributed by atoms with Gasteiger partial charge in [0.25, 0.3) is 0 Å². The van der Waals surface area contributed by atoms with Crippen LogP contribution in [0.2, 0.25) is 0 Å². The van der Waals surface area contributed by atoms with Gasteiger partial charge in [0.2, 0.25) is 5.88 Å². The third-order valence-electron chi connectivity index (χ3n) is 2.43. The number of nitrogens with one attached hydrogen (secondary N) is 1. The van der Waals surface area contributed by atoms with Crippen LogP contribution in [0.15, 0.2) is 35.2 Å². The maximum absolute atomic E-state index is 5.45. The Morgan fingerprint density at radius 3 is 3.06 bits per heavy atom. The highest BCUT2D eigenvalue weighted by Crippen LogP contribution is 2.19. The molecule has 0 amide bonds. The van der Waals surface area contributed by atoms with Gasteiger partial charge in [0.15, 0.2) is 0 Å². The normalized spacial score (nSPS) is 12.1. The predicted molar refractivity (Wildman–Crippen MR) is 68.6 cm³/mol. The molecule has 0 saturated carbocycles. The van der Waals surface area contributed by atoms with Crippen LogP contribution in [-0.4, -0.2) is 16.6 Å². The molecule has 0 spiro atoms. The Balaban J connectivity index is 2.00. The average molecular weight is 247 g/mol. The predicted octanol–water partition coefficient (Wildman–Crippen LogP) is 3.03. The van der Waals surface area contributed by atoms with E-state index < -0.39 is 0 Å². The summed E-state index contributed by atoms with van der Waals surface area (Å²) < 4.78 is 10.8. The maximum Gasteiger partial charge on any atom is 0.218 e.